The summed E-state index contributed by atoms with van der Waals surface area (Å²) in [6, 6.07) is 0. The van der Waals surface area contributed by atoms with Crippen molar-refractivity contribution in [2.45, 2.75) is 49.0 Å². The molecule has 0 saturated heterocycles. The molecular weight excluding hydrogens is 212 g/mol. The molecule has 1 rings (SSSR count). The molecule has 0 bridgehead atoms. The number of carboxylic acid groups (broad SMARTS) is 1. The number of hydrogen-bond acceptors (Lipinski definition) is 3. The van der Waals surface area contributed by atoms with Crippen LogP contribution in [0, 0.1) is 0 Å². The van der Waals surface area contributed by atoms with Gasteiger partial charge in [-0.05, 0) is 19.8 Å². The lowest BCUT2D eigenvalue weighted by molar-refractivity contribution is -0.140. The monoisotopic (exact) mass is 232 g/mol. The van der Waals surface area contributed by atoms with Crippen molar-refractivity contribution in [3.05, 3.63) is 0 Å². The van der Waals surface area contributed by atoms with Gasteiger partial charge in [0.1, 0.15) is 4.75 Å². The van der Waals surface area contributed by atoms with Gasteiger partial charge in [-0.1, -0.05) is 19.3 Å². The van der Waals surface area contributed by atoms with Crippen LogP contribution >= 0.6 is 11.8 Å². The third-order valence-corrected chi connectivity index (χ3v) is 4.47. The Labute approximate surface area is 95.6 Å². The number of aliphatic carboxylic acids is 1. The summed E-state index contributed by atoms with van der Waals surface area (Å²) in [5.41, 5.74) is 0. The van der Waals surface area contributed by atoms with Crippen LogP contribution in [-0.4, -0.2) is 34.8 Å². The van der Waals surface area contributed by atoms with Crippen LogP contribution in [0.5, 0.6) is 0 Å². The fraction of sp³-hybridized carbons (Fsp3) is 0.909. The van der Waals surface area contributed by atoms with Gasteiger partial charge in [0.25, 0.3) is 0 Å². The Morgan fingerprint density at radius 3 is 2.53 bits per heavy atom. The molecule has 1 N–H and O–H groups in total. The van der Waals surface area contributed by atoms with Crippen molar-refractivity contribution >= 4 is 17.7 Å². The minimum Gasteiger partial charge on any atom is -0.480 e. The predicted octanol–water partition coefficient (Wildman–Crippen LogP) is 2.54. The van der Waals surface area contributed by atoms with Crippen LogP contribution in [0.25, 0.3) is 0 Å². The Kier molecular flexibility index (Phi) is 4.93. The Bertz CT molecular complexity index is 214. The highest BCUT2D eigenvalue weighted by Gasteiger charge is 2.36. The molecule has 15 heavy (non-hydrogen) atoms. The average Bonchev–Trinajstić information content (AvgIpc) is 2.19. The number of methoxy groups -OCH3 is 1. The lowest BCUT2D eigenvalue weighted by atomic mass is 10.0. The summed E-state index contributed by atoms with van der Waals surface area (Å²) in [4.78, 5) is 11.2. The summed E-state index contributed by atoms with van der Waals surface area (Å²) in [7, 11) is 1.56. The molecule has 0 amide bonds. The van der Waals surface area contributed by atoms with Crippen molar-refractivity contribution in [1.82, 2.24) is 0 Å². The normalized spacial score (nSPS) is 22.3. The third-order valence-electron chi connectivity index (χ3n) is 2.85. The summed E-state index contributed by atoms with van der Waals surface area (Å²) >= 11 is 1.58. The molecule has 0 aromatic heterocycles. The number of rotatable bonds is 5. The number of carboxylic acids is 1. The van der Waals surface area contributed by atoms with Crippen molar-refractivity contribution < 1.29 is 14.6 Å². The van der Waals surface area contributed by atoms with E-state index in [1.807, 2.05) is 0 Å². The molecule has 1 unspecified atom stereocenters. The van der Waals surface area contributed by atoms with E-state index in [1.165, 1.54) is 19.3 Å². The van der Waals surface area contributed by atoms with Gasteiger partial charge in [-0.15, -0.1) is 11.8 Å². The van der Waals surface area contributed by atoms with E-state index in [1.54, 1.807) is 25.8 Å². The van der Waals surface area contributed by atoms with E-state index in [9.17, 15) is 9.90 Å². The number of thioether (sulfide) groups is 1. The number of ether oxygens (including phenoxy) is 1. The van der Waals surface area contributed by atoms with Crippen molar-refractivity contribution in [2.75, 3.05) is 13.7 Å². The molecule has 1 fully saturated rings. The van der Waals surface area contributed by atoms with Gasteiger partial charge in [0.05, 0.1) is 6.61 Å². The maximum atomic E-state index is 11.2. The Balaban J connectivity index is 2.52. The highest BCUT2D eigenvalue weighted by molar-refractivity contribution is 8.02. The first-order chi connectivity index (χ1) is 7.08. The maximum absolute atomic E-state index is 11.2. The van der Waals surface area contributed by atoms with Crippen molar-refractivity contribution in [2.24, 2.45) is 0 Å². The third kappa shape index (κ3) is 3.68. The lowest BCUT2D eigenvalue weighted by Crippen LogP contribution is -2.38. The van der Waals surface area contributed by atoms with E-state index < -0.39 is 10.7 Å². The van der Waals surface area contributed by atoms with Gasteiger partial charge < -0.3 is 9.84 Å². The number of hydrogen-bond donors (Lipinski definition) is 1. The summed E-state index contributed by atoms with van der Waals surface area (Å²) in [5.74, 6) is -0.764. The van der Waals surface area contributed by atoms with E-state index in [2.05, 4.69) is 0 Å². The van der Waals surface area contributed by atoms with Gasteiger partial charge in [0, 0.05) is 12.4 Å². The van der Waals surface area contributed by atoms with E-state index in [-0.39, 0.29) is 6.61 Å². The molecule has 1 aliphatic rings. The average molecular weight is 232 g/mol. The molecule has 0 aromatic carbocycles. The molecule has 0 heterocycles. The second-order valence-corrected chi connectivity index (χ2v) is 6.15. The Morgan fingerprint density at radius 2 is 2.07 bits per heavy atom. The fourth-order valence-corrected chi connectivity index (χ4v) is 3.56. The van der Waals surface area contributed by atoms with Crippen LogP contribution in [0.15, 0.2) is 0 Å². The summed E-state index contributed by atoms with van der Waals surface area (Å²) in [5, 5.41) is 9.69. The van der Waals surface area contributed by atoms with Gasteiger partial charge in [0.15, 0.2) is 0 Å². The van der Waals surface area contributed by atoms with E-state index in [4.69, 9.17) is 4.74 Å². The highest BCUT2D eigenvalue weighted by atomic mass is 32.2. The molecule has 88 valence electrons. The first kappa shape index (κ1) is 12.8. The van der Waals surface area contributed by atoms with E-state index in [0.29, 0.717) is 5.25 Å². The molecule has 3 nitrogen and oxygen atoms in total. The zero-order valence-corrected chi connectivity index (χ0v) is 10.3. The fourth-order valence-electron chi connectivity index (χ4n) is 1.97. The highest BCUT2D eigenvalue weighted by Crippen LogP contribution is 2.37. The van der Waals surface area contributed by atoms with Crippen LogP contribution in [-0.2, 0) is 9.53 Å². The van der Waals surface area contributed by atoms with Gasteiger partial charge in [-0.3, -0.25) is 4.79 Å². The first-order valence-corrected chi connectivity index (χ1v) is 6.36. The van der Waals surface area contributed by atoms with Crippen LogP contribution in [0.2, 0.25) is 0 Å². The summed E-state index contributed by atoms with van der Waals surface area (Å²) in [6.07, 6.45) is 6.07. The van der Waals surface area contributed by atoms with E-state index >= 15 is 0 Å². The summed E-state index contributed by atoms with van der Waals surface area (Å²) in [6.45, 7) is 2.04. The topological polar surface area (TPSA) is 46.5 Å². The van der Waals surface area contributed by atoms with E-state index in [0.717, 1.165) is 12.8 Å². The minimum absolute atomic E-state index is 0.281. The lowest BCUT2D eigenvalue weighted by Gasteiger charge is -2.30. The first-order valence-electron chi connectivity index (χ1n) is 5.48. The van der Waals surface area contributed by atoms with Gasteiger partial charge in [-0.2, -0.15) is 0 Å². The molecule has 1 atom stereocenters. The summed E-state index contributed by atoms with van der Waals surface area (Å²) < 4.78 is 4.23. The van der Waals surface area contributed by atoms with Crippen molar-refractivity contribution in [3.63, 3.8) is 0 Å². The van der Waals surface area contributed by atoms with Crippen LogP contribution < -0.4 is 0 Å². The Hall–Kier alpha value is -0.220. The molecule has 0 radical (unpaired) electrons. The largest absolute Gasteiger partial charge is 0.480 e. The maximum Gasteiger partial charge on any atom is 0.321 e. The molecule has 1 saturated carbocycles. The second kappa shape index (κ2) is 5.75. The van der Waals surface area contributed by atoms with Gasteiger partial charge in [-0.25, -0.2) is 0 Å². The number of carbonyl (C=O) groups is 1. The van der Waals surface area contributed by atoms with Crippen LogP contribution in [0.4, 0.5) is 0 Å². The quantitative estimate of drug-likeness (QED) is 0.791. The van der Waals surface area contributed by atoms with Crippen LogP contribution in [0.3, 0.4) is 0 Å². The second-order valence-electron chi connectivity index (χ2n) is 4.35. The van der Waals surface area contributed by atoms with Crippen molar-refractivity contribution in [1.29, 1.82) is 0 Å². The van der Waals surface area contributed by atoms with Gasteiger partial charge in [0.2, 0.25) is 0 Å². The molecule has 0 spiro atoms. The molecule has 0 aromatic rings. The smallest absolute Gasteiger partial charge is 0.321 e. The standard InChI is InChI=1S/C11H20O3S/c1-11(8-14-2,10(12)13)15-9-6-4-3-5-7-9/h9H,3-8H2,1-2H3,(H,12,13). The SMILES string of the molecule is COCC(C)(SC1CCCCC1)C(=O)O. The zero-order chi connectivity index (χ0) is 11.3. The molecule has 1 aliphatic carbocycles. The predicted molar refractivity (Wildman–Crippen MR) is 62.4 cm³/mol. The van der Waals surface area contributed by atoms with Crippen molar-refractivity contribution in [3.8, 4) is 0 Å². The zero-order valence-electron chi connectivity index (χ0n) is 9.49. The molecule has 0 aliphatic heterocycles. The molecular formula is C11H20O3S. The minimum atomic E-state index is -0.781. The van der Waals surface area contributed by atoms with Crippen LogP contribution in [0.1, 0.15) is 39.0 Å². The molecule has 4 heteroatoms. The van der Waals surface area contributed by atoms with Gasteiger partial charge >= 0.3 is 5.97 Å². The Morgan fingerprint density at radius 1 is 1.47 bits per heavy atom.